The third-order valence-electron chi connectivity index (χ3n) is 3.70. The summed E-state index contributed by atoms with van der Waals surface area (Å²) in [6.07, 6.45) is 5.71. The van der Waals surface area contributed by atoms with Gasteiger partial charge in [0.2, 0.25) is 5.69 Å². The zero-order chi connectivity index (χ0) is 16.2. The molecule has 0 aromatic carbocycles. The van der Waals surface area contributed by atoms with Crippen molar-refractivity contribution in [1.29, 1.82) is 5.26 Å². The van der Waals surface area contributed by atoms with E-state index in [1.54, 1.807) is 11.8 Å². The van der Waals surface area contributed by atoms with Crippen LogP contribution in [-0.4, -0.2) is 45.1 Å². The Bertz CT molecular complexity index is 752. The van der Waals surface area contributed by atoms with E-state index >= 15 is 0 Å². The number of amides is 1. The minimum atomic E-state index is -0.225. The van der Waals surface area contributed by atoms with Crippen LogP contribution in [0.15, 0.2) is 23.1 Å². The fourth-order valence-electron chi connectivity index (χ4n) is 2.54. The van der Waals surface area contributed by atoms with Crippen molar-refractivity contribution >= 4 is 5.91 Å². The fraction of sp³-hybridized carbons (Fsp3) is 0.400. The number of piperidine rings is 1. The molecule has 1 unspecified atom stereocenters. The molecule has 1 fully saturated rings. The molecule has 0 aliphatic carbocycles. The van der Waals surface area contributed by atoms with Crippen LogP contribution in [0.5, 0.6) is 5.88 Å². The summed E-state index contributed by atoms with van der Waals surface area (Å²) in [7, 11) is 0. The molecule has 0 saturated carbocycles. The monoisotopic (exact) mass is 313 g/mol. The summed E-state index contributed by atoms with van der Waals surface area (Å²) in [6.45, 7) is 2.77. The maximum Gasteiger partial charge on any atom is 0.259 e. The van der Waals surface area contributed by atoms with Gasteiger partial charge in [0.1, 0.15) is 23.5 Å². The maximum absolute atomic E-state index is 12.5. The molecule has 1 atom stereocenters. The zero-order valence-corrected chi connectivity index (χ0v) is 12.6. The number of aryl methyl sites for hydroxylation is 1. The average Bonchev–Trinajstić information content (AvgIpc) is 3.01. The van der Waals surface area contributed by atoms with Crippen molar-refractivity contribution in [2.75, 3.05) is 13.1 Å². The molecule has 0 radical (unpaired) electrons. The second-order valence-electron chi connectivity index (χ2n) is 5.25. The zero-order valence-electron chi connectivity index (χ0n) is 12.6. The van der Waals surface area contributed by atoms with Crippen molar-refractivity contribution < 1.29 is 14.1 Å². The van der Waals surface area contributed by atoms with E-state index in [-0.39, 0.29) is 23.6 Å². The summed E-state index contributed by atoms with van der Waals surface area (Å²) in [6, 6.07) is 1.95. The lowest BCUT2D eigenvalue weighted by atomic mass is 10.1. The molecule has 8 heteroatoms. The Morgan fingerprint density at radius 2 is 2.30 bits per heavy atom. The molecule has 3 rings (SSSR count). The lowest BCUT2D eigenvalue weighted by Gasteiger charge is -2.32. The molecule has 1 amide bonds. The van der Waals surface area contributed by atoms with E-state index in [9.17, 15) is 4.79 Å². The number of hydrogen-bond donors (Lipinski definition) is 0. The molecule has 2 aromatic rings. The van der Waals surface area contributed by atoms with Crippen molar-refractivity contribution in [3.05, 3.63) is 35.6 Å². The predicted octanol–water partition coefficient (Wildman–Crippen LogP) is 1.33. The maximum atomic E-state index is 12.5. The lowest BCUT2D eigenvalue weighted by molar-refractivity contribution is 0.0524. The summed E-state index contributed by atoms with van der Waals surface area (Å²) in [5.41, 5.74) is 0.605. The first kappa shape index (κ1) is 15.0. The predicted molar refractivity (Wildman–Crippen MR) is 77.5 cm³/mol. The van der Waals surface area contributed by atoms with Crippen LogP contribution in [0.3, 0.4) is 0 Å². The number of ether oxygens (including phenoxy) is 1. The third kappa shape index (κ3) is 3.13. The topological polar surface area (TPSA) is 105 Å². The Labute approximate surface area is 132 Å². The van der Waals surface area contributed by atoms with Gasteiger partial charge in [-0.1, -0.05) is 5.16 Å². The third-order valence-corrected chi connectivity index (χ3v) is 3.70. The molecule has 1 aliphatic rings. The van der Waals surface area contributed by atoms with Crippen LogP contribution in [0, 0.1) is 18.3 Å². The molecular formula is C15H15N5O3. The van der Waals surface area contributed by atoms with Gasteiger partial charge in [0, 0.05) is 18.9 Å². The molecule has 23 heavy (non-hydrogen) atoms. The molecule has 1 aliphatic heterocycles. The number of nitriles is 1. The van der Waals surface area contributed by atoms with Gasteiger partial charge < -0.3 is 14.2 Å². The smallest absolute Gasteiger partial charge is 0.259 e. The van der Waals surface area contributed by atoms with Gasteiger partial charge >= 0.3 is 0 Å². The molecule has 2 aromatic heterocycles. The standard InChI is InChI=1S/C15H15N5O3/c1-10-12(8-19-23-10)15(21)20-6-2-3-11(9-20)22-14-13(7-16)17-4-5-18-14/h4-5,8,11H,2-3,6,9H2,1H3. The molecule has 0 spiro atoms. The number of hydrogen-bond acceptors (Lipinski definition) is 7. The summed E-state index contributed by atoms with van der Waals surface area (Å²) < 4.78 is 10.7. The molecule has 0 N–H and O–H groups in total. The number of likely N-dealkylation sites (tertiary alicyclic amines) is 1. The van der Waals surface area contributed by atoms with E-state index in [1.807, 2.05) is 6.07 Å². The highest BCUT2D eigenvalue weighted by atomic mass is 16.5. The number of aromatic nitrogens is 3. The highest BCUT2D eigenvalue weighted by Crippen LogP contribution is 2.20. The highest BCUT2D eigenvalue weighted by molar-refractivity contribution is 5.94. The van der Waals surface area contributed by atoms with Gasteiger partial charge in [-0.2, -0.15) is 5.26 Å². The quantitative estimate of drug-likeness (QED) is 0.841. The van der Waals surface area contributed by atoms with Gasteiger partial charge in [0.25, 0.3) is 11.8 Å². The summed E-state index contributed by atoms with van der Waals surface area (Å²) >= 11 is 0. The largest absolute Gasteiger partial charge is 0.470 e. The van der Waals surface area contributed by atoms with Crippen LogP contribution >= 0.6 is 0 Å². The molecule has 1 saturated heterocycles. The first-order valence-corrected chi connectivity index (χ1v) is 7.27. The van der Waals surface area contributed by atoms with Crippen LogP contribution < -0.4 is 4.74 Å². The Morgan fingerprint density at radius 1 is 1.48 bits per heavy atom. The number of nitrogens with zero attached hydrogens (tertiary/aromatic N) is 5. The minimum absolute atomic E-state index is 0.128. The highest BCUT2D eigenvalue weighted by Gasteiger charge is 2.28. The summed E-state index contributed by atoms with van der Waals surface area (Å²) in [5, 5.41) is 12.7. The van der Waals surface area contributed by atoms with Crippen LogP contribution in [0.2, 0.25) is 0 Å². The lowest BCUT2D eigenvalue weighted by Crippen LogP contribution is -2.44. The van der Waals surface area contributed by atoms with Crippen LogP contribution in [-0.2, 0) is 0 Å². The van der Waals surface area contributed by atoms with Crippen LogP contribution in [0.1, 0.15) is 34.7 Å². The Hall–Kier alpha value is -2.95. The second kappa shape index (κ2) is 6.44. The van der Waals surface area contributed by atoms with Gasteiger partial charge in [-0.05, 0) is 19.8 Å². The molecular weight excluding hydrogens is 298 g/mol. The minimum Gasteiger partial charge on any atom is -0.470 e. The number of carbonyl (C=O) groups is 1. The second-order valence-corrected chi connectivity index (χ2v) is 5.25. The van der Waals surface area contributed by atoms with Crippen molar-refractivity contribution in [1.82, 2.24) is 20.0 Å². The van der Waals surface area contributed by atoms with Gasteiger partial charge in [-0.25, -0.2) is 9.97 Å². The van der Waals surface area contributed by atoms with E-state index in [4.69, 9.17) is 14.5 Å². The van der Waals surface area contributed by atoms with Crippen LogP contribution in [0.4, 0.5) is 0 Å². The van der Waals surface area contributed by atoms with E-state index in [0.717, 1.165) is 12.8 Å². The first-order valence-electron chi connectivity index (χ1n) is 7.27. The Balaban J connectivity index is 1.70. The van der Waals surface area contributed by atoms with Gasteiger partial charge in [-0.15, -0.1) is 0 Å². The normalized spacial score (nSPS) is 17.6. The van der Waals surface area contributed by atoms with Gasteiger partial charge in [0.15, 0.2) is 0 Å². The Kier molecular flexibility index (Phi) is 4.19. The van der Waals surface area contributed by atoms with Crippen molar-refractivity contribution in [3.63, 3.8) is 0 Å². The van der Waals surface area contributed by atoms with Crippen molar-refractivity contribution in [3.8, 4) is 11.9 Å². The van der Waals surface area contributed by atoms with Crippen molar-refractivity contribution in [2.24, 2.45) is 0 Å². The molecule has 118 valence electrons. The average molecular weight is 313 g/mol. The Morgan fingerprint density at radius 3 is 3.04 bits per heavy atom. The fourth-order valence-corrected chi connectivity index (χ4v) is 2.54. The van der Waals surface area contributed by atoms with E-state index in [1.165, 1.54) is 18.6 Å². The van der Waals surface area contributed by atoms with E-state index in [0.29, 0.717) is 24.4 Å². The molecule has 3 heterocycles. The molecule has 0 bridgehead atoms. The van der Waals surface area contributed by atoms with E-state index in [2.05, 4.69) is 15.1 Å². The van der Waals surface area contributed by atoms with Gasteiger partial charge in [-0.3, -0.25) is 4.79 Å². The SMILES string of the molecule is Cc1oncc1C(=O)N1CCCC(Oc2nccnc2C#N)C1. The van der Waals surface area contributed by atoms with Crippen LogP contribution in [0.25, 0.3) is 0 Å². The first-order chi connectivity index (χ1) is 11.2. The van der Waals surface area contributed by atoms with E-state index < -0.39 is 0 Å². The number of rotatable bonds is 3. The summed E-state index contributed by atoms with van der Waals surface area (Å²) in [5.74, 6) is 0.575. The number of carbonyl (C=O) groups excluding carboxylic acids is 1. The molecule has 8 nitrogen and oxygen atoms in total. The summed E-state index contributed by atoms with van der Waals surface area (Å²) in [4.78, 5) is 22.2. The van der Waals surface area contributed by atoms with Crippen molar-refractivity contribution in [2.45, 2.75) is 25.9 Å². The van der Waals surface area contributed by atoms with Gasteiger partial charge in [0.05, 0.1) is 12.7 Å².